The number of aromatic nitrogens is 1. The van der Waals surface area contributed by atoms with Gasteiger partial charge in [-0.25, -0.2) is 0 Å². The van der Waals surface area contributed by atoms with Crippen LogP contribution in [0.3, 0.4) is 0 Å². The van der Waals surface area contributed by atoms with Gasteiger partial charge < -0.3 is 4.98 Å². The summed E-state index contributed by atoms with van der Waals surface area (Å²) < 4.78 is 0. The third-order valence-electron chi connectivity index (χ3n) is 5.34. The molecule has 0 fully saturated rings. The molecule has 1 aromatic heterocycles. The van der Waals surface area contributed by atoms with E-state index in [0.29, 0.717) is 16.9 Å². The molecule has 4 aromatic rings. The van der Waals surface area contributed by atoms with Crippen LogP contribution in [-0.2, 0) is 0 Å². The van der Waals surface area contributed by atoms with Gasteiger partial charge in [-0.3, -0.25) is 10.1 Å². The summed E-state index contributed by atoms with van der Waals surface area (Å²) in [5.74, 6) is -0.550. The highest BCUT2D eigenvalue weighted by Crippen LogP contribution is 2.42. The smallest absolute Gasteiger partial charge is 0.248 e. The summed E-state index contributed by atoms with van der Waals surface area (Å²) in [4.78, 5) is 23.3. The fourth-order valence-corrected chi connectivity index (χ4v) is 4.14. The fourth-order valence-electron chi connectivity index (χ4n) is 3.93. The summed E-state index contributed by atoms with van der Waals surface area (Å²) >= 11 is 9.32. The van der Waals surface area contributed by atoms with Crippen molar-refractivity contribution >= 4 is 57.0 Å². The number of nitrogens with zero attached hydrogens (tertiary/aromatic N) is 3. The van der Waals surface area contributed by atoms with Crippen molar-refractivity contribution in [3.8, 4) is 0 Å². The molecule has 0 bridgehead atoms. The van der Waals surface area contributed by atoms with Crippen LogP contribution in [0.15, 0.2) is 89.0 Å². The van der Waals surface area contributed by atoms with E-state index in [1.807, 2.05) is 42.6 Å². The lowest BCUT2D eigenvalue weighted by atomic mass is 9.82. The molecule has 0 aliphatic rings. The van der Waals surface area contributed by atoms with Crippen molar-refractivity contribution < 1.29 is 4.92 Å². The second kappa shape index (κ2) is 9.56. The van der Waals surface area contributed by atoms with Gasteiger partial charge in [-0.15, -0.1) is 0 Å². The Kier molecular flexibility index (Phi) is 6.40. The summed E-state index contributed by atoms with van der Waals surface area (Å²) in [6.45, 7) is 0. The lowest BCUT2D eigenvalue weighted by molar-refractivity contribution is -0.531. The van der Waals surface area contributed by atoms with Crippen molar-refractivity contribution in [3.05, 3.63) is 106 Å². The van der Waals surface area contributed by atoms with Crippen LogP contribution in [0.25, 0.3) is 10.9 Å². The Morgan fingerprint density at radius 2 is 1.41 bits per heavy atom. The molecule has 6 nitrogen and oxygen atoms in total. The molecule has 2 atom stereocenters. The van der Waals surface area contributed by atoms with E-state index in [0.717, 1.165) is 22.0 Å². The molecule has 8 heteroatoms. The maximum atomic E-state index is 12.4. The van der Waals surface area contributed by atoms with E-state index in [-0.39, 0.29) is 4.92 Å². The highest BCUT2D eigenvalue weighted by molar-refractivity contribution is 7.78. The van der Waals surface area contributed by atoms with Gasteiger partial charge >= 0.3 is 0 Å². The molecule has 0 saturated carbocycles. The van der Waals surface area contributed by atoms with Crippen molar-refractivity contribution in [2.24, 2.45) is 9.98 Å². The minimum absolute atomic E-state index is 0.243. The van der Waals surface area contributed by atoms with Gasteiger partial charge in [0.15, 0.2) is 0 Å². The van der Waals surface area contributed by atoms with Crippen molar-refractivity contribution in [3.63, 3.8) is 0 Å². The van der Waals surface area contributed by atoms with Crippen LogP contribution >= 0.6 is 24.4 Å². The first-order valence-corrected chi connectivity index (χ1v) is 10.5. The van der Waals surface area contributed by atoms with E-state index < -0.39 is 12.0 Å². The predicted molar refractivity (Wildman–Crippen MR) is 132 cm³/mol. The largest absolute Gasteiger partial charge is 0.361 e. The number of benzene rings is 3. The number of nitrogens with one attached hydrogen (secondary N) is 1. The molecule has 0 saturated heterocycles. The molecular weight excluding hydrogens is 440 g/mol. The maximum absolute atomic E-state index is 12.4. The number of aromatic amines is 1. The molecule has 0 spiro atoms. The summed E-state index contributed by atoms with van der Waals surface area (Å²) in [5.41, 5.74) is 4.35. The number of fused-ring (bicyclic) bond motifs is 1. The molecule has 4 rings (SSSR count). The highest BCUT2D eigenvalue weighted by atomic mass is 32.1. The third kappa shape index (κ3) is 4.30. The maximum Gasteiger partial charge on any atom is 0.248 e. The minimum Gasteiger partial charge on any atom is -0.361 e. The second-order valence-corrected chi connectivity index (χ2v) is 7.45. The van der Waals surface area contributed by atoms with E-state index in [4.69, 9.17) is 0 Å². The summed E-state index contributed by atoms with van der Waals surface area (Å²) in [7, 11) is 0. The van der Waals surface area contributed by atoms with Crippen LogP contribution in [0.4, 0.5) is 11.4 Å². The second-order valence-electron chi connectivity index (χ2n) is 7.09. The van der Waals surface area contributed by atoms with Crippen molar-refractivity contribution in [2.45, 2.75) is 12.0 Å². The summed E-state index contributed by atoms with van der Waals surface area (Å²) in [5, 5.41) is 18.0. The minimum atomic E-state index is -1.03. The number of para-hydroxylation sites is 1. The standard InChI is InChI=1S/C24H16N4O2S2/c29-28(30)24(17-7-11-19(12-8-17)27-15-32)23(16-5-9-18(10-6-16)26-14-31)21-13-25-22-4-2-1-3-20(21)22/h1-13,23-25H. The van der Waals surface area contributed by atoms with Gasteiger partial charge in [-0.05, 0) is 78.0 Å². The highest BCUT2D eigenvalue weighted by Gasteiger charge is 2.37. The zero-order valence-electron chi connectivity index (χ0n) is 16.6. The van der Waals surface area contributed by atoms with Crippen LogP contribution < -0.4 is 0 Å². The van der Waals surface area contributed by atoms with Gasteiger partial charge in [0, 0.05) is 27.6 Å². The number of H-pyrrole nitrogens is 1. The Balaban J connectivity index is 1.90. The Hall–Kier alpha value is -3.80. The quantitative estimate of drug-likeness (QED) is 0.144. The molecule has 0 aliphatic carbocycles. The van der Waals surface area contributed by atoms with Crippen LogP contribution in [0, 0.1) is 10.1 Å². The zero-order valence-corrected chi connectivity index (χ0v) is 18.3. The van der Waals surface area contributed by atoms with Gasteiger partial charge in [0.2, 0.25) is 6.04 Å². The van der Waals surface area contributed by atoms with E-state index in [1.165, 1.54) is 0 Å². The van der Waals surface area contributed by atoms with Gasteiger partial charge in [-0.2, -0.15) is 9.98 Å². The molecule has 156 valence electrons. The average molecular weight is 457 g/mol. The number of rotatable bonds is 7. The number of isothiocyanates is 2. The fraction of sp³-hybridized carbons (Fsp3) is 0.0833. The van der Waals surface area contributed by atoms with Crippen LogP contribution in [0.2, 0.25) is 0 Å². The van der Waals surface area contributed by atoms with Crippen LogP contribution in [-0.4, -0.2) is 20.2 Å². The van der Waals surface area contributed by atoms with Gasteiger partial charge in [0.25, 0.3) is 0 Å². The van der Waals surface area contributed by atoms with E-state index >= 15 is 0 Å². The molecule has 1 heterocycles. The number of nitro groups is 1. The first-order valence-electron chi connectivity index (χ1n) is 9.67. The third-order valence-corrected chi connectivity index (χ3v) is 5.52. The van der Waals surface area contributed by atoms with Crippen LogP contribution in [0.1, 0.15) is 28.7 Å². The molecule has 32 heavy (non-hydrogen) atoms. The lowest BCUT2D eigenvalue weighted by Gasteiger charge is -2.22. The SMILES string of the molecule is O=[N+]([O-])C(c1ccc(N=C=S)cc1)C(c1ccc(N=C=S)cc1)c1c[nH]c2ccccc12. The normalized spacial score (nSPS) is 12.4. The van der Waals surface area contributed by atoms with Gasteiger partial charge in [0.1, 0.15) is 0 Å². The molecule has 0 amide bonds. The monoisotopic (exact) mass is 456 g/mol. The Labute approximate surface area is 194 Å². The van der Waals surface area contributed by atoms with E-state index in [1.54, 1.807) is 36.4 Å². The van der Waals surface area contributed by atoms with E-state index in [9.17, 15) is 10.1 Å². The molecule has 1 N–H and O–H groups in total. The van der Waals surface area contributed by atoms with Crippen LogP contribution in [0.5, 0.6) is 0 Å². The topological polar surface area (TPSA) is 83.7 Å². The number of hydrogen-bond acceptors (Lipinski definition) is 6. The molecule has 0 aliphatic heterocycles. The number of thiocarbonyl (C=S) groups is 2. The Morgan fingerprint density at radius 1 is 0.844 bits per heavy atom. The summed E-state index contributed by atoms with van der Waals surface area (Å²) in [6, 6.07) is 20.8. The number of hydrogen-bond donors (Lipinski definition) is 1. The molecule has 2 unspecified atom stereocenters. The summed E-state index contributed by atoms with van der Waals surface area (Å²) in [6.07, 6.45) is 1.85. The Bertz CT molecular complexity index is 1370. The first kappa shape index (κ1) is 21.4. The Morgan fingerprint density at radius 3 is 1.97 bits per heavy atom. The predicted octanol–water partition coefficient (Wildman–Crippen LogP) is 6.79. The lowest BCUT2D eigenvalue weighted by Crippen LogP contribution is -2.20. The van der Waals surface area contributed by atoms with Crippen molar-refractivity contribution in [1.29, 1.82) is 0 Å². The molecule has 3 aromatic carbocycles. The van der Waals surface area contributed by atoms with E-state index in [2.05, 4.69) is 49.7 Å². The van der Waals surface area contributed by atoms with Gasteiger partial charge in [-0.1, -0.05) is 30.3 Å². The average Bonchev–Trinajstić information content (AvgIpc) is 3.23. The van der Waals surface area contributed by atoms with Gasteiger partial charge in [0.05, 0.1) is 27.6 Å². The molecular formula is C24H16N4O2S2. The zero-order chi connectivity index (χ0) is 22.5. The number of aliphatic imine (C=N–C) groups is 2. The van der Waals surface area contributed by atoms with Crippen molar-refractivity contribution in [1.82, 2.24) is 4.98 Å². The first-order chi connectivity index (χ1) is 15.6. The van der Waals surface area contributed by atoms with Crippen molar-refractivity contribution in [2.75, 3.05) is 0 Å². The molecule has 0 radical (unpaired) electrons.